The molecule has 2 heterocycles. The van der Waals surface area contributed by atoms with Gasteiger partial charge in [-0.25, -0.2) is 4.79 Å². The van der Waals surface area contributed by atoms with Crippen molar-refractivity contribution in [1.29, 1.82) is 0 Å². The van der Waals surface area contributed by atoms with Gasteiger partial charge in [-0.1, -0.05) is 26.3 Å². The molecule has 0 aromatic carbocycles. The van der Waals surface area contributed by atoms with Crippen LogP contribution in [0.25, 0.3) is 0 Å². The van der Waals surface area contributed by atoms with Crippen LogP contribution in [0.4, 0.5) is 0 Å². The van der Waals surface area contributed by atoms with Gasteiger partial charge in [0.2, 0.25) is 0 Å². The molecule has 2 saturated heterocycles. The van der Waals surface area contributed by atoms with E-state index in [0.717, 1.165) is 0 Å². The topological polar surface area (TPSA) is 172 Å². The van der Waals surface area contributed by atoms with Crippen molar-refractivity contribution >= 4 is 35.4 Å². The molecule has 256 valence electrons. The van der Waals surface area contributed by atoms with Crippen LogP contribution in [0, 0.1) is 57.7 Å². The quantitative estimate of drug-likeness (QED) is 0.267. The number of carbonyl (C=O) groups is 6. The SMILES string of the molecule is CC(=O)O[C@H]1C(=O)[C@H]2C[C@@H]3O[C@@H]3[C@H](OC(C)=O)[C@]2(C)[C@H]2[C@H](C)[C@H](OC(C)=O)[C@@]3(C)[C@@H]([C@H]4OC(=O)[C@@](C)(O)[C@@]5(C)C(=O)C=C(C)[C@H]3[C@@H]45)[C@@H]21. The minimum absolute atomic E-state index is 0.306. The monoisotopic (exact) mass is 656 g/mol. The molecule has 47 heavy (non-hydrogen) atoms. The minimum Gasteiger partial charge on any atom is -0.462 e. The summed E-state index contributed by atoms with van der Waals surface area (Å²) in [6.07, 6.45) is -2.86. The number of allylic oxidation sites excluding steroid dienone is 2. The Morgan fingerprint density at radius 3 is 2.04 bits per heavy atom. The predicted octanol–water partition coefficient (Wildman–Crippen LogP) is 2.12. The number of hydrogen-bond acceptors (Lipinski definition) is 12. The summed E-state index contributed by atoms with van der Waals surface area (Å²) in [5.74, 6) is -8.09. The summed E-state index contributed by atoms with van der Waals surface area (Å²) in [4.78, 5) is 80.7. The van der Waals surface area contributed by atoms with Gasteiger partial charge >= 0.3 is 23.9 Å². The Labute approximate surface area is 273 Å². The Balaban J connectivity index is 1.52. The lowest BCUT2D eigenvalue weighted by Crippen LogP contribution is -2.73. The van der Waals surface area contributed by atoms with Gasteiger partial charge in [0.1, 0.15) is 24.4 Å². The van der Waals surface area contributed by atoms with Crippen LogP contribution in [0.1, 0.15) is 68.7 Å². The summed E-state index contributed by atoms with van der Waals surface area (Å²) in [6.45, 7) is 14.3. The Kier molecular flexibility index (Phi) is 6.72. The molecule has 0 unspecified atom stereocenters. The van der Waals surface area contributed by atoms with E-state index in [9.17, 15) is 33.9 Å². The van der Waals surface area contributed by atoms with Crippen LogP contribution in [-0.4, -0.2) is 82.8 Å². The van der Waals surface area contributed by atoms with Crippen molar-refractivity contribution < 1.29 is 57.6 Å². The maximum absolute atomic E-state index is 14.8. The second-order valence-electron chi connectivity index (χ2n) is 16.0. The number of hydrogen-bond donors (Lipinski definition) is 1. The molecular weight excluding hydrogens is 612 g/mol. The molecule has 0 radical (unpaired) electrons. The summed E-state index contributed by atoms with van der Waals surface area (Å²) in [5.41, 5.74) is -5.22. The van der Waals surface area contributed by atoms with Crippen molar-refractivity contribution in [3.05, 3.63) is 11.6 Å². The Bertz CT molecular complexity index is 1550. The molecule has 4 saturated carbocycles. The molecule has 7 aliphatic rings. The highest BCUT2D eigenvalue weighted by atomic mass is 16.6. The first-order chi connectivity index (χ1) is 21.7. The van der Waals surface area contributed by atoms with E-state index in [0.29, 0.717) is 12.0 Å². The fourth-order valence-electron chi connectivity index (χ4n) is 12.2. The van der Waals surface area contributed by atoms with E-state index >= 15 is 0 Å². The van der Waals surface area contributed by atoms with Gasteiger partial charge in [0.05, 0.1) is 11.5 Å². The highest BCUT2D eigenvalue weighted by Crippen LogP contribution is 2.76. The van der Waals surface area contributed by atoms with Crippen LogP contribution in [0.3, 0.4) is 0 Å². The fraction of sp³-hybridized carbons (Fsp3) is 0.771. The molecule has 6 fully saturated rings. The lowest BCUT2D eigenvalue weighted by Gasteiger charge is -2.65. The summed E-state index contributed by atoms with van der Waals surface area (Å²) >= 11 is 0. The number of rotatable bonds is 3. The number of Topliss-reactive ketones (excluding diaryl/α,β-unsaturated/α-hetero) is 1. The normalized spacial score (nSPS) is 53.5. The molecule has 7 rings (SSSR count). The van der Waals surface area contributed by atoms with E-state index in [-0.39, 0.29) is 11.9 Å². The lowest BCUT2D eigenvalue weighted by molar-refractivity contribution is -0.256. The standard InChI is InChI=1S/C35H44O12/c1-12-10-19(39)34(8)24-21(12)33(7)23(28(24)47-31(41)35(34,9)42)20-22(13(2)29(33)44-15(4)37)32(6)17(25(40)27(20)43-14(3)36)11-18-26(46-18)30(32)45-16(5)38/h10,13,17-18,20-24,26-30,42H,11H2,1-9H3/t13-,17+,18-,20+,21-,22-,23+,24-,26-,27+,28+,29-,30-,32-,33+,34-,35+/m0/s1. The van der Waals surface area contributed by atoms with E-state index < -0.39 is 123 Å². The third-order valence-corrected chi connectivity index (χ3v) is 13.9. The summed E-state index contributed by atoms with van der Waals surface area (Å²) < 4.78 is 30.4. The number of aliphatic hydroxyl groups is 1. The number of ether oxygens (including phenoxy) is 5. The molecule has 12 heteroatoms. The number of epoxide rings is 1. The van der Waals surface area contributed by atoms with E-state index in [1.165, 1.54) is 33.8 Å². The van der Waals surface area contributed by atoms with Gasteiger partial charge in [0.15, 0.2) is 23.3 Å². The van der Waals surface area contributed by atoms with E-state index in [1.54, 1.807) is 6.92 Å². The fourth-order valence-corrected chi connectivity index (χ4v) is 12.2. The van der Waals surface area contributed by atoms with Crippen molar-refractivity contribution in [2.45, 2.75) is 111 Å². The van der Waals surface area contributed by atoms with Gasteiger partial charge in [-0.15, -0.1) is 0 Å². The van der Waals surface area contributed by atoms with Gasteiger partial charge in [0, 0.05) is 55.3 Å². The second kappa shape index (κ2) is 9.74. The molecule has 1 N–H and O–H groups in total. The largest absolute Gasteiger partial charge is 0.462 e. The van der Waals surface area contributed by atoms with E-state index in [2.05, 4.69) is 0 Å². The van der Waals surface area contributed by atoms with E-state index in [1.807, 2.05) is 27.7 Å². The molecule has 0 bridgehead atoms. The number of fused-ring (bicyclic) bond motifs is 8. The first-order valence-electron chi connectivity index (χ1n) is 16.6. The first-order valence-corrected chi connectivity index (χ1v) is 16.6. The smallest absolute Gasteiger partial charge is 0.339 e. The van der Waals surface area contributed by atoms with Crippen LogP contribution < -0.4 is 0 Å². The van der Waals surface area contributed by atoms with Crippen molar-refractivity contribution in [3.63, 3.8) is 0 Å². The number of esters is 4. The van der Waals surface area contributed by atoms with Gasteiger partial charge < -0.3 is 28.8 Å². The third kappa shape index (κ3) is 3.77. The predicted molar refractivity (Wildman–Crippen MR) is 159 cm³/mol. The van der Waals surface area contributed by atoms with Crippen LogP contribution in [0.2, 0.25) is 0 Å². The first kappa shape index (κ1) is 32.4. The molecule has 2 aliphatic heterocycles. The van der Waals surface area contributed by atoms with Gasteiger partial charge in [-0.05, 0) is 51.0 Å². The van der Waals surface area contributed by atoms with Gasteiger partial charge in [-0.3, -0.25) is 24.0 Å². The van der Waals surface area contributed by atoms with Crippen LogP contribution in [0.15, 0.2) is 11.6 Å². The zero-order valence-electron chi connectivity index (χ0n) is 28.2. The molecule has 0 spiro atoms. The molecule has 5 aliphatic carbocycles. The van der Waals surface area contributed by atoms with Crippen LogP contribution >= 0.6 is 0 Å². The van der Waals surface area contributed by atoms with Crippen molar-refractivity contribution in [3.8, 4) is 0 Å². The maximum Gasteiger partial charge on any atom is 0.339 e. The van der Waals surface area contributed by atoms with Gasteiger partial charge in [0.25, 0.3) is 0 Å². The average Bonchev–Trinajstić information content (AvgIpc) is 3.67. The Hall–Kier alpha value is -3.12. The molecular formula is C35H44O12. The molecule has 0 amide bonds. The van der Waals surface area contributed by atoms with Crippen molar-refractivity contribution in [2.75, 3.05) is 0 Å². The average molecular weight is 657 g/mol. The zero-order chi connectivity index (χ0) is 34.5. The van der Waals surface area contributed by atoms with E-state index in [4.69, 9.17) is 23.7 Å². The Morgan fingerprint density at radius 2 is 1.45 bits per heavy atom. The highest BCUT2D eigenvalue weighted by molar-refractivity contribution is 6.03. The third-order valence-electron chi connectivity index (χ3n) is 13.9. The van der Waals surface area contributed by atoms with Crippen LogP contribution in [0.5, 0.6) is 0 Å². The highest BCUT2D eigenvalue weighted by Gasteiger charge is 2.83. The molecule has 0 aromatic heterocycles. The number of carbonyl (C=O) groups excluding carboxylic acids is 6. The van der Waals surface area contributed by atoms with Crippen molar-refractivity contribution in [2.24, 2.45) is 57.7 Å². The van der Waals surface area contributed by atoms with Gasteiger partial charge in [-0.2, -0.15) is 0 Å². The lowest BCUT2D eigenvalue weighted by atomic mass is 9.39. The second-order valence-corrected chi connectivity index (χ2v) is 16.0. The Morgan fingerprint density at radius 1 is 0.851 bits per heavy atom. The minimum atomic E-state index is -2.18. The summed E-state index contributed by atoms with van der Waals surface area (Å²) in [7, 11) is 0. The van der Waals surface area contributed by atoms with Crippen molar-refractivity contribution in [1.82, 2.24) is 0 Å². The zero-order valence-corrected chi connectivity index (χ0v) is 28.2. The summed E-state index contributed by atoms with van der Waals surface area (Å²) in [6, 6.07) is 0. The molecule has 12 nitrogen and oxygen atoms in total. The number of ketones is 2. The molecule has 17 atom stereocenters. The maximum atomic E-state index is 14.8. The summed E-state index contributed by atoms with van der Waals surface area (Å²) in [5, 5.41) is 11.7. The molecule has 0 aromatic rings. The van der Waals surface area contributed by atoms with Crippen LogP contribution in [-0.2, 0) is 52.5 Å².